The number of rotatable bonds is 1. The zero-order valence-electron chi connectivity index (χ0n) is 7.88. The van der Waals surface area contributed by atoms with E-state index in [2.05, 4.69) is 0 Å². The third-order valence-corrected chi connectivity index (χ3v) is 3.31. The van der Waals surface area contributed by atoms with E-state index in [1.165, 1.54) is 0 Å². The number of hydrogen-bond acceptors (Lipinski definition) is 2. The van der Waals surface area contributed by atoms with Crippen LogP contribution < -0.4 is 4.74 Å². The van der Waals surface area contributed by atoms with E-state index in [-0.39, 0.29) is 0 Å². The number of hydrogen-bond donors (Lipinski definition) is 1. The molecule has 2 rings (SSSR count). The Morgan fingerprint density at radius 2 is 2.20 bits per heavy atom. The van der Waals surface area contributed by atoms with Crippen molar-refractivity contribution in [3.8, 4) is 5.75 Å². The van der Waals surface area contributed by atoms with Gasteiger partial charge in [0.2, 0.25) is 0 Å². The van der Waals surface area contributed by atoms with Crippen LogP contribution in [0.25, 0.3) is 0 Å². The molecule has 1 aliphatic rings. The average Bonchev–Trinajstić information content (AvgIpc) is 2.58. The molecule has 1 N–H and O–H groups in total. The number of aryl methyl sites for hydroxylation is 1. The number of aliphatic carboxylic acids is 1. The number of ether oxygens (including phenoxy) is 1. The van der Waals surface area contributed by atoms with Crippen molar-refractivity contribution in [2.24, 2.45) is 0 Å². The van der Waals surface area contributed by atoms with Gasteiger partial charge in [-0.3, -0.25) is 0 Å². The Balaban J connectivity index is 2.47. The van der Waals surface area contributed by atoms with E-state index in [9.17, 15) is 4.79 Å². The van der Waals surface area contributed by atoms with Crippen molar-refractivity contribution in [2.45, 2.75) is 19.4 Å². The quantitative estimate of drug-likeness (QED) is 0.829. The zero-order chi connectivity index (χ0) is 11.2. The maximum absolute atomic E-state index is 10.8. The summed E-state index contributed by atoms with van der Waals surface area (Å²) >= 11 is 11.9. The van der Waals surface area contributed by atoms with Gasteiger partial charge in [-0.15, -0.1) is 0 Å². The molecule has 0 amide bonds. The van der Waals surface area contributed by atoms with Crippen LogP contribution in [0.4, 0.5) is 0 Å². The number of carbonyl (C=O) groups is 1. The minimum absolute atomic E-state index is 0.301. The molecule has 1 aromatic carbocycles. The standard InChI is InChI=1S/C10H8Cl2O3/c1-4-2-5-3-6(10(13)14)15-9(5)8(12)7(4)11/h2,6H,3H2,1H3,(H,13,14). The van der Waals surface area contributed by atoms with Gasteiger partial charge in [-0.2, -0.15) is 0 Å². The lowest BCUT2D eigenvalue weighted by Crippen LogP contribution is -2.24. The van der Waals surface area contributed by atoms with Crippen molar-refractivity contribution in [3.63, 3.8) is 0 Å². The minimum Gasteiger partial charge on any atom is -0.478 e. The highest BCUT2D eigenvalue weighted by Gasteiger charge is 2.31. The summed E-state index contributed by atoms with van der Waals surface area (Å²) < 4.78 is 5.22. The van der Waals surface area contributed by atoms with Gasteiger partial charge in [0.25, 0.3) is 0 Å². The van der Waals surface area contributed by atoms with Crippen LogP contribution >= 0.6 is 23.2 Å². The van der Waals surface area contributed by atoms with Crippen LogP contribution in [-0.2, 0) is 11.2 Å². The van der Waals surface area contributed by atoms with Crippen molar-refractivity contribution in [3.05, 3.63) is 27.2 Å². The van der Waals surface area contributed by atoms with Gasteiger partial charge in [0.05, 0.1) is 5.02 Å². The summed E-state index contributed by atoms with van der Waals surface area (Å²) in [4.78, 5) is 10.8. The number of carboxylic acid groups (broad SMARTS) is 1. The van der Waals surface area contributed by atoms with E-state index in [1.807, 2.05) is 13.0 Å². The summed E-state index contributed by atoms with van der Waals surface area (Å²) in [5, 5.41) is 9.53. The summed E-state index contributed by atoms with van der Waals surface area (Å²) in [7, 11) is 0. The first-order valence-electron chi connectivity index (χ1n) is 4.37. The number of carboxylic acids is 1. The Kier molecular flexibility index (Phi) is 2.52. The highest BCUT2D eigenvalue weighted by atomic mass is 35.5. The lowest BCUT2D eigenvalue weighted by Gasteiger charge is -2.07. The van der Waals surface area contributed by atoms with Gasteiger partial charge in [0.15, 0.2) is 6.10 Å². The first-order chi connectivity index (χ1) is 7.00. The van der Waals surface area contributed by atoms with Crippen molar-refractivity contribution >= 4 is 29.2 Å². The molecular formula is C10H8Cl2O3. The molecule has 5 heteroatoms. The molecule has 1 aliphatic heterocycles. The van der Waals surface area contributed by atoms with Gasteiger partial charge in [0.1, 0.15) is 10.8 Å². The lowest BCUT2D eigenvalue weighted by molar-refractivity contribution is -0.144. The SMILES string of the molecule is Cc1cc2c(c(Cl)c1Cl)OC(C(=O)O)C2. The average molecular weight is 247 g/mol. The molecule has 0 saturated carbocycles. The summed E-state index contributed by atoms with van der Waals surface area (Å²) in [5.74, 6) is -0.587. The van der Waals surface area contributed by atoms with Crippen molar-refractivity contribution in [1.29, 1.82) is 0 Å². The number of benzene rings is 1. The molecule has 1 unspecified atom stereocenters. The fourth-order valence-electron chi connectivity index (χ4n) is 1.60. The smallest absolute Gasteiger partial charge is 0.345 e. The Morgan fingerprint density at radius 1 is 1.53 bits per heavy atom. The molecule has 3 nitrogen and oxygen atoms in total. The van der Waals surface area contributed by atoms with Crippen LogP contribution in [0.1, 0.15) is 11.1 Å². The van der Waals surface area contributed by atoms with Crippen LogP contribution in [-0.4, -0.2) is 17.2 Å². The molecule has 0 fully saturated rings. The normalized spacial score (nSPS) is 18.5. The van der Waals surface area contributed by atoms with E-state index in [0.717, 1.165) is 11.1 Å². The molecule has 80 valence electrons. The van der Waals surface area contributed by atoms with E-state index < -0.39 is 12.1 Å². The van der Waals surface area contributed by atoms with Crippen LogP contribution in [0, 0.1) is 6.92 Å². The van der Waals surface area contributed by atoms with Gasteiger partial charge >= 0.3 is 5.97 Å². The molecule has 0 saturated heterocycles. The van der Waals surface area contributed by atoms with Gasteiger partial charge < -0.3 is 9.84 Å². The third-order valence-electron chi connectivity index (χ3n) is 2.36. The molecule has 0 bridgehead atoms. The fraction of sp³-hybridized carbons (Fsp3) is 0.300. The van der Waals surface area contributed by atoms with Gasteiger partial charge in [-0.05, 0) is 12.5 Å². The Morgan fingerprint density at radius 3 is 2.80 bits per heavy atom. The molecule has 15 heavy (non-hydrogen) atoms. The minimum atomic E-state index is -0.990. The second kappa shape index (κ2) is 3.58. The predicted molar refractivity (Wildman–Crippen MR) is 57.0 cm³/mol. The Hall–Kier alpha value is -0.930. The van der Waals surface area contributed by atoms with Crippen LogP contribution in [0.5, 0.6) is 5.75 Å². The molecule has 1 heterocycles. The maximum Gasteiger partial charge on any atom is 0.345 e. The molecule has 0 aliphatic carbocycles. The predicted octanol–water partition coefficient (Wildman–Crippen LogP) is 2.69. The molecule has 1 aromatic rings. The van der Waals surface area contributed by atoms with E-state index in [1.54, 1.807) is 0 Å². The van der Waals surface area contributed by atoms with Gasteiger partial charge in [-0.25, -0.2) is 4.79 Å². The summed E-state index contributed by atoms with van der Waals surface area (Å²) in [6.45, 7) is 1.82. The number of halogens is 2. The summed E-state index contributed by atoms with van der Waals surface area (Å²) in [6.07, 6.45) is -0.516. The number of fused-ring (bicyclic) bond motifs is 1. The molecule has 0 spiro atoms. The maximum atomic E-state index is 10.8. The largest absolute Gasteiger partial charge is 0.478 e. The molecule has 0 aromatic heterocycles. The first-order valence-corrected chi connectivity index (χ1v) is 5.13. The fourth-order valence-corrected chi connectivity index (χ4v) is 2.06. The molecular weight excluding hydrogens is 239 g/mol. The van der Waals surface area contributed by atoms with E-state index >= 15 is 0 Å². The second-order valence-corrected chi connectivity index (χ2v) is 4.21. The highest BCUT2D eigenvalue weighted by molar-refractivity contribution is 6.43. The van der Waals surface area contributed by atoms with Crippen LogP contribution in [0.15, 0.2) is 6.07 Å². The summed E-state index contributed by atoms with van der Waals surface area (Å²) in [5.41, 5.74) is 1.63. The zero-order valence-corrected chi connectivity index (χ0v) is 9.39. The lowest BCUT2D eigenvalue weighted by atomic mass is 10.1. The van der Waals surface area contributed by atoms with Gasteiger partial charge in [-0.1, -0.05) is 29.3 Å². The van der Waals surface area contributed by atoms with Crippen molar-refractivity contribution in [1.82, 2.24) is 0 Å². The van der Waals surface area contributed by atoms with E-state index in [4.69, 9.17) is 33.0 Å². The van der Waals surface area contributed by atoms with Crippen molar-refractivity contribution < 1.29 is 14.6 Å². The summed E-state index contributed by atoms with van der Waals surface area (Å²) in [6, 6.07) is 1.81. The third kappa shape index (κ3) is 1.66. The Labute approximate surface area is 96.6 Å². The Bertz CT molecular complexity index is 443. The molecule has 1 atom stereocenters. The second-order valence-electron chi connectivity index (χ2n) is 3.46. The van der Waals surface area contributed by atoms with E-state index in [0.29, 0.717) is 22.2 Å². The monoisotopic (exact) mass is 246 g/mol. The first kappa shape index (κ1) is 10.6. The molecule has 0 radical (unpaired) electrons. The van der Waals surface area contributed by atoms with Crippen LogP contribution in [0.2, 0.25) is 10.0 Å². The van der Waals surface area contributed by atoms with Crippen molar-refractivity contribution in [2.75, 3.05) is 0 Å². The van der Waals surface area contributed by atoms with Crippen LogP contribution in [0.3, 0.4) is 0 Å². The highest BCUT2D eigenvalue weighted by Crippen LogP contribution is 2.42. The van der Waals surface area contributed by atoms with Gasteiger partial charge in [0, 0.05) is 12.0 Å². The topological polar surface area (TPSA) is 46.5 Å².